The number of para-hydroxylation sites is 2. The molecule has 2 unspecified atom stereocenters. The lowest BCUT2D eigenvalue weighted by atomic mass is 10.2. The van der Waals surface area contributed by atoms with Crippen molar-refractivity contribution in [3.05, 3.63) is 30.1 Å². The minimum atomic E-state index is -0.421. The zero-order valence-electron chi connectivity index (χ0n) is 11.3. The second kappa shape index (κ2) is 5.60. The number of carbonyl (C=O) groups excluding carboxylic acids is 1. The van der Waals surface area contributed by atoms with Gasteiger partial charge in [0.15, 0.2) is 0 Å². The molecule has 2 aromatic rings. The Bertz CT molecular complexity index is 571. The molecule has 0 bridgehead atoms. The molecule has 0 spiro atoms. The molecule has 0 radical (unpaired) electrons. The van der Waals surface area contributed by atoms with Gasteiger partial charge in [0.2, 0.25) is 0 Å². The number of H-pyrrole nitrogens is 1. The van der Waals surface area contributed by atoms with Crippen molar-refractivity contribution in [3.63, 3.8) is 0 Å². The molecule has 0 saturated carbocycles. The number of carbonyl (C=O) groups is 1. The van der Waals surface area contributed by atoms with Gasteiger partial charge < -0.3 is 20.4 Å². The van der Waals surface area contributed by atoms with E-state index in [4.69, 9.17) is 4.74 Å². The molecule has 6 heteroatoms. The van der Waals surface area contributed by atoms with Crippen molar-refractivity contribution >= 4 is 16.9 Å². The Kier molecular flexibility index (Phi) is 3.66. The van der Waals surface area contributed by atoms with Crippen molar-refractivity contribution in [2.24, 2.45) is 0 Å². The molecule has 1 aliphatic heterocycles. The summed E-state index contributed by atoms with van der Waals surface area (Å²) in [6.07, 6.45) is -0.421. The number of nitrogens with zero attached hydrogens (tertiary/aromatic N) is 1. The number of ether oxygens (including phenoxy) is 1. The number of fused-ring (bicyclic) bond motifs is 1. The van der Waals surface area contributed by atoms with Gasteiger partial charge in [-0.05, 0) is 19.1 Å². The van der Waals surface area contributed by atoms with E-state index in [1.165, 1.54) is 0 Å². The van der Waals surface area contributed by atoms with E-state index in [2.05, 4.69) is 20.6 Å². The Morgan fingerprint density at radius 2 is 2.35 bits per heavy atom. The number of rotatable bonds is 3. The van der Waals surface area contributed by atoms with Crippen molar-refractivity contribution in [1.29, 1.82) is 0 Å². The summed E-state index contributed by atoms with van der Waals surface area (Å²) in [7, 11) is 0. The van der Waals surface area contributed by atoms with E-state index >= 15 is 0 Å². The highest BCUT2D eigenvalue weighted by atomic mass is 16.5. The lowest BCUT2D eigenvalue weighted by molar-refractivity contribution is -0.134. The van der Waals surface area contributed by atoms with E-state index in [9.17, 15) is 4.79 Å². The largest absolute Gasteiger partial charge is 0.366 e. The van der Waals surface area contributed by atoms with Crippen LogP contribution in [-0.2, 0) is 9.53 Å². The minimum absolute atomic E-state index is 0.106. The van der Waals surface area contributed by atoms with E-state index in [1.807, 2.05) is 31.2 Å². The molecule has 1 fully saturated rings. The monoisotopic (exact) mass is 274 g/mol. The number of aromatic nitrogens is 2. The van der Waals surface area contributed by atoms with Gasteiger partial charge in [-0.2, -0.15) is 0 Å². The van der Waals surface area contributed by atoms with Crippen LogP contribution >= 0.6 is 0 Å². The van der Waals surface area contributed by atoms with E-state index in [0.717, 1.165) is 23.4 Å². The summed E-state index contributed by atoms with van der Waals surface area (Å²) in [5.41, 5.74) is 1.87. The Labute approximate surface area is 116 Å². The number of amides is 1. The van der Waals surface area contributed by atoms with Gasteiger partial charge >= 0.3 is 0 Å². The number of hydrogen-bond acceptors (Lipinski definition) is 4. The minimum Gasteiger partial charge on any atom is -0.366 e. The summed E-state index contributed by atoms with van der Waals surface area (Å²) >= 11 is 0. The highest BCUT2D eigenvalue weighted by Crippen LogP contribution is 2.15. The van der Waals surface area contributed by atoms with Crippen LogP contribution in [0.25, 0.3) is 11.0 Å². The standard InChI is InChI=1S/C14H18N4O2/c1-9(16-14(19)12-8-15-6-7-20-12)13-17-10-4-2-3-5-11(10)18-13/h2-5,9,12,15H,6-8H2,1H3,(H,16,19)(H,17,18). The Morgan fingerprint density at radius 1 is 1.50 bits per heavy atom. The number of imidazole rings is 1. The molecule has 2 heterocycles. The number of nitrogens with one attached hydrogen (secondary N) is 3. The molecule has 1 aliphatic rings. The first kappa shape index (κ1) is 13.1. The van der Waals surface area contributed by atoms with Gasteiger partial charge in [0, 0.05) is 13.1 Å². The second-order valence-corrected chi connectivity index (χ2v) is 4.93. The summed E-state index contributed by atoms with van der Waals surface area (Å²) in [5.74, 6) is 0.647. The van der Waals surface area contributed by atoms with Crippen molar-refractivity contribution in [3.8, 4) is 0 Å². The van der Waals surface area contributed by atoms with E-state index in [-0.39, 0.29) is 11.9 Å². The number of morpholine rings is 1. The molecule has 1 saturated heterocycles. The van der Waals surface area contributed by atoms with E-state index in [1.54, 1.807) is 0 Å². The van der Waals surface area contributed by atoms with Gasteiger partial charge in [-0.15, -0.1) is 0 Å². The predicted molar refractivity (Wildman–Crippen MR) is 75.3 cm³/mol. The van der Waals surface area contributed by atoms with Crippen LogP contribution in [0.4, 0.5) is 0 Å². The molecule has 1 aromatic heterocycles. The first-order valence-corrected chi connectivity index (χ1v) is 6.81. The summed E-state index contributed by atoms with van der Waals surface area (Å²) < 4.78 is 5.43. The molecule has 1 amide bonds. The fraction of sp³-hybridized carbons (Fsp3) is 0.429. The maximum Gasteiger partial charge on any atom is 0.251 e. The number of aromatic amines is 1. The second-order valence-electron chi connectivity index (χ2n) is 4.93. The third-order valence-electron chi connectivity index (χ3n) is 3.40. The van der Waals surface area contributed by atoms with Gasteiger partial charge in [-0.25, -0.2) is 4.98 Å². The van der Waals surface area contributed by atoms with Crippen LogP contribution in [0.15, 0.2) is 24.3 Å². The maximum atomic E-state index is 12.1. The zero-order chi connectivity index (χ0) is 13.9. The third kappa shape index (κ3) is 2.66. The average molecular weight is 274 g/mol. The Morgan fingerprint density at radius 3 is 3.10 bits per heavy atom. The molecular weight excluding hydrogens is 256 g/mol. The number of benzene rings is 1. The van der Waals surface area contributed by atoms with Gasteiger partial charge in [-0.3, -0.25) is 4.79 Å². The summed E-state index contributed by atoms with van der Waals surface area (Å²) in [6.45, 7) is 3.82. The molecule has 20 heavy (non-hydrogen) atoms. The molecular formula is C14H18N4O2. The van der Waals surface area contributed by atoms with E-state index in [0.29, 0.717) is 13.2 Å². The topological polar surface area (TPSA) is 79.0 Å². The zero-order valence-corrected chi connectivity index (χ0v) is 11.3. The van der Waals surface area contributed by atoms with Crippen molar-refractivity contribution in [2.75, 3.05) is 19.7 Å². The highest BCUT2D eigenvalue weighted by molar-refractivity contribution is 5.81. The first-order chi connectivity index (χ1) is 9.74. The molecule has 2 atom stereocenters. The van der Waals surface area contributed by atoms with Crippen LogP contribution in [0, 0.1) is 0 Å². The summed E-state index contributed by atoms with van der Waals surface area (Å²) in [5, 5.41) is 6.07. The van der Waals surface area contributed by atoms with Crippen LogP contribution in [-0.4, -0.2) is 41.7 Å². The van der Waals surface area contributed by atoms with Crippen LogP contribution in [0.5, 0.6) is 0 Å². The molecule has 1 aromatic carbocycles. The normalized spacial score (nSPS) is 20.8. The first-order valence-electron chi connectivity index (χ1n) is 6.81. The lowest BCUT2D eigenvalue weighted by Crippen LogP contribution is -2.48. The third-order valence-corrected chi connectivity index (χ3v) is 3.40. The van der Waals surface area contributed by atoms with Gasteiger partial charge in [0.25, 0.3) is 5.91 Å². The fourth-order valence-corrected chi connectivity index (χ4v) is 2.29. The van der Waals surface area contributed by atoms with Gasteiger partial charge in [-0.1, -0.05) is 12.1 Å². The Balaban J connectivity index is 1.68. The quantitative estimate of drug-likeness (QED) is 0.771. The summed E-state index contributed by atoms with van der Waals surface area (Å²) in [4.78, 5) is 19.8. The number of hydrogen-bond donors (Lipinski definition) is 3. The van der Waals surface area contributed by atoms with Crippen molar-refractivity contribution in [2.45, 2.75) is 19.1 Å². The fourth-order valence-electron chi connectivity index (χ4n) is 2.29. The molecule has 106 valence electrons. The van der Waals surface area contributed by atoms with Crippen LogP contribution in [0.3, 0.4) is 0 Å². The van der Waals surface area contributed by atoms with Gasteiger partial charge in [0.05, 0.1) is 23.7 Å². The SMILES string of the molecule is CC(NC(=O)C1CNCCO1)c1nc2ccccc2[nH]1. The van der Waals surface area contributed by atoms with Crippen molar-refractivity contribution < 1.29 is 9.53 Å². The van der Waals surface area contributed by atoms with Crippen LogP contribution < -0.4 is 10.6 Å². The smallest absolute Gasteiger partial charge is 0.251 e. The van der Waals surface area contributed by atoms with Crippen LogP contribution in [0.1, 0.15) is 18.8 Å². The summed E-state index contributed by atoms with van der Waals surface area (Å²) in [6, 6.07) is 7.62. The predicted octanol–water partition coefficient (Wildman–Crippen LogP) is 0.729. The Hall–Kier alpha value is -1.92. The maximum absolute atomic E-state index is 12.1. The van der Waals surface area contributed by atoms with Crippen LogP contribution in [0.2, 0.25) is 0 Å². The highest BCUT2D eigenvalue weighted by Gasteiger charge is 2.24. The van der Waals surface area contributed by atoms with Gasteiger partial charge in [0.1, 0.15) is 11.9 Å². The molecule has 3 N–H and O–H groups in total. The molecule has 0 aliphatic carbocycles. The van der Waals surface area contributed by atoms with E-state index < -0.39 is 6.10 Å². The van der Waals surface area contributed by atoms with Crippen molar-refractivity contribution in [1.82, 2.24) is 20.6 Å². The lowest BCUT2D eigenvalue weighted by Gasteiger charge is -2.24. The molecule has 3 rings (SSSR count). The average Bonchev–Trinajstić information content (AvgIpc) is 2.92. The molecule has 6 nitrogen and oxygen atoms in total.